The van der Waals surface area contributed by atoms with E-state index < -0.39 is 0 Å². The highest BCUT2D eigenvalue weighted by atomic mass is 16.6. The Balaban J connectivity index is 1.94. The molecule has 1 fully saturated rings. The second-order valence-electron chi connectivity index (χ2n) is 3.54. The van der Waals surface area contributed by atoms with Crippen molar-refractivity contribution in [3.63, 3.8) is 0 Å². The van der Waals surface area contributed by atoms with Crippen molar-refractivity contribution in [1.29, 1.82) is 0 Å². The maximum Gasteiger partial charge on any atom is 0.0838 e. The molecule has 0 aliphatic carbocycles. The fraction of sp³-hybridized carbons (Fsp3) is 0.455. The molecule has 1 heteroatoms. The van der Waals surface area contributed by atoms with Gasteiger partial charge in [-0.2, -0.15) is 0 Å². The minimum absolute atomic E-state index is 0.533. The molecule has 1 nitrogen and oxygen atoms in total. The van der Waals surface area contributed by atoms with Gasteiger partial charge in [0, 0.05) is 0 Å². The highest BCUT2D eigenvalue weighted by Gasteiger charge is 2.28. The number of hydrogen-bond acceptors (Lipinski definition) is 1. The highest BCUT2D eigenvalue weighted by Crippen LogP contribution is 2.22. The lowest BCUT2D eigenvalue weighted by atomic mass is 9.99. The van der Waals surface area contributed by atoms with E-state index in [-0.39, 0.29) is 0 Å². The predicted molar refractivity (Wildman–Crippen MR) is 49.1 cm³/mol. The van der Waals surface area contributed by atoms with Crippen molar-refractivity contribution in [3.8, 4) is 0 Å². The van der Waals surface area contributed by atoms with Crippen LogP contribution in [0.5, 0.6) is 0 Å². The summed E-state index contributed by atoms with van der Waals surface area (Å²) in [7, 11) is 0. The fourth-order valence-electron chi connectivity index (χ4n) is 1.50. The minimum atomic E-state index is 0.533. The molecule has 1 saturated heterocycles. The van der Waals surface area contributed by atoms with Crippen molar-refractivity contribution in [2.24, 2.45) is 5.92 Å². The van der Waals surface area contributed by atoms with Crippen LogP contribution in [-0.2, 0) is 11.2 Å². The largest absolute Gasteiger partial charge is 0.373 e. The van der Waals surface area contributed by atoms with Gasteiger partial charge in [-0.25, -0.2) is 0 Å². The molecule has 0 saturated carbocycles. The lowest BCUT2D eigenvalue weighted by Gasteiger charge is -2.06. The predicted octanol–water partition coefficient (Wildman–Crippen LogP) is 2.26. The molecule has 1 heterocycles. The lowest BCUT2D eigenvalue weighted by molar-refractivity contribution is 0.341. The number of ether oxygens (including phenoxy) is 1. The minimum Gasteiger partial charge on any atom is -0.373 e. The molecule has 0 spiro atoms. The van der Waals surface area contributed by atoms with Crippen LogP contribution in [0.3, 0.4) is 0 Å². The van der Waals surface area contributed by atoms with Crippen molar-refractivity contribution in [2.75, 3.05) is 6.61 Å². The summed E-state index contributed by atoms with van der Waals surface area (Å²) in [6.07, 6.45) is 1.68. The standard InChI is InChI=1S/C11H14O/c1-9(11-8-12-11)7-10-5-3-2-4-6-10/h2-6,9,11H,7-8H2,1H3/t9?,11-/m0/s1. The van der Waals surface area contributed by atoms with Crippen molar-refractivity contribution in [2.45, 2.75) is 19.4 Å². The molecule has 0 amide bonds. The zero-order chi connectivity index (χ0) is 8.39. The van der Waals surface area contributed by atoms with E-state index in [9.17, 15) is 0 Å². The molecule has 64 valence electrons. The molecule has 1 unspecified atom stereocenters. The molecule has 0 N–H and O–H groups in total. The van der Waals surface area contributed by atoms with Gasteiger partial charge in [-0.05, 0) is 17.9 Å². The van der Waals surface area contributed by atoms with Crippen LogP contribution in [0.4, 0.5) is 0 Å². The van der Waals surface area contributed by atoms with Crippen LogP contribution in [0.25, 0.3) is 0 Å². The third-order valence-corrected chi connectivity index (χ3v) is 2.39. The van der Waals surface area contributed by atoms with E-state index in [0.717, 1.165) is 13.0 Å². The Labute approximate surface area is 73.4 Å². The molecule has 2 rings (SSSR count). The molecule has 1 aliphatic heterocycles. The van der Waals surface area contributed by atoms with Crippen LogP contribution in [0, 0.1) is 5.92 Å². The zero-order valence-corrected chi connectivity index (χ0v) is 7.36. The number of rotatable bonds is 3. The molecular formula is C11H14O. The normalized spacial score (nSPS) is 23.6. The Kier molecular flexibility index (Phi) is 2.13. The maximum atomic E-state index is 5.24. The van der Waals surface area contributed by atoms with Crippen molar-refractivity contribution >= 4 is 0 Å². The van der Waals surface area contributed by atoms with Crippen LogP contribution in [0.1, 0.15) is 12.5 Å². The summed E-state index contributed by atoms with van der Waals surface area (Å²) in [4.78, 5) is 0. The molecule has 0 aromatic heterocycles. The molecule has 12 heavy (non-hydrogen) atoms. The quantitative estimate of drug-likeness (QED) is 0.621. The van der Waals surface area contributed by atoms with Crippen LogP contribution >= 0.6 is 0 Å². The summed E-state index contributed by atoms with van der Waals surface area (Å²) in [5.74, 6) is 0.674. The van der Waals surface area contributed by atoms with Gasteiger partial charge in [-0.15, -0.1) is 0 Å². The summed E-state index contributed by atoms with van der Waals surface area (Å²) in [6, 6.07) is 10.6. The van der Waals surface area contributed by atoms with E-state index in [1.165, 1.54) is 5.56 Å². The summed E-state index contributed by atoms with van der Waals surface area (Å²) in [5, 5.41) is 0. The van der Waals surface area contributed by atoms with Crippen molar-refractivity contribution < 1.29 is 4.74 Å². The maximum absolute atomic E-state index is 5.24. The highest BCUT2D eigenvalue weighted by molar-refractivity contribution is 5.15. The van der Waals surface area contributed by atoms with Gasteiger partial charge in [-0.1, -0.05) is 37.3 Å². The first kappa shape index (κ1) is 7.81. The van der Waals surface area contributed by atoms with E-state index in [2.05, 4.69) is 37.3 Å². The molecule has 0 radical (unpaired) electrons. The molecule has 1 aromatic carbocycles. The molecule has 1 aromatic rings. The van der Waals surface area contributed by atoms with E-state index in [1.54, 1.807) is 0 Å². The second kappa shape index (κ2) is 3.28. The van der Waals surface area contributed by atoms with Gasteiger partial charge in [0.15, 0.2) is 0 Å². The van der Waals surface area contributed by atoms with Gasteiger partial charge < -0.3 is 4.74 Å². The fourth-order valence-corrected chi connectivity index (χ4v) is 1.50. The Hall–Kier alpha value is -0.820. The SMILES string of the molecule is CC(Cc1ccccc1)[C@@H]1CO1. The van der Waals surface area contributed by atoms with E-state index in [4.69, 9.17) is 4.74 Å². The molecular weight excluding hydrogens is 148 g/mol. The molecule has 2 atom stereocenters. The van der Waals surface area contributed by atoms with E-state index in [1.807, 2.05) is 0 Å². The molecule has 0 bridgehead atoms. The van der Waals surface area contributed by atoms with E-state index >= 15 is 0 Å². The van der Waals surface area contributed by atoms with Crippen LogP contribution in [0.15, 0.2) is 30.3 Å². The van der Waals surface area contributed by atoms with Gasteiger partial charge in [-0.3, -0.25) is 0 Å². The summed E-state index contributed by atoms with van der Waals surface area (Å²) >= 11 is 0. The van der Waals surface area contributed by atoms with Crippen molar-refractivity contribution in [1.82, 2.24) is 0 Å². The number of epoxide rings is 1. The smallest absolute Gasteiger partial charge is 0.0838 e. The summed E-state index contributed by atoms with van der Waals surface area (Å²) < 4.78 is 5.24. The average molecular weight is 162 g/mol. The Bertz CT molecular complexity index is 238. The Morgan fingerprint density at radius 2 is 2.08 bits per heavy atom. The second-order valence-corrected chi connectivity index (χ2v) is 3.54. The Morgan fingerprint density at radius 1 is 1.42 bits per heavy atom. The Morgan fingerprint density at radius 3 is 2.67 bits per heavy atom. The van der Waals surface area contributed by atoms with Crippen molar-refractivity contribution in [3.05, 3.63) is 35.9 Å². The molecule has 1 aliphatic rings. The topological polar surface area (TPSA) is 12.5 Å². The van der Waals surface area contributed by atoms with Crippen LogP contribution in [0.2, 0.25) is 0 Å². The van der Waals surface area contributed by atoms with Gasteiger partial charge in [0.25, 0.3) is 0 Å². The van der Waals surface area contributed by atoms with Gasteiger partial charge in [0.2, 0.25) is 0 Å². The summed E-state index contributed by atoms with van der Waals surface area (Å²) in [5.41, 5.74) is 1.42. The van der Waals surface area contributed by atoms with E-state index in [0.29, 0.717) is 12.0 Å². The third kappa shape index (κ3) is 1.86. The average Bonchev–Trinajstić information content (AvgIpc) is 2.88. The van der Waals surface area contributed by atoms with Crippen LogP contribution < -0.4 is 0 Å². The third-order valence-electron chi connectivity index (χ3n) is 2.39. The van der Waals surface area contributed by atoms with Crippen LogP contribution in [-0.4, -0.2) is 12.7 Å². The number of hydrogen-bond donors (Lipinski definition) is 0. The van der Waals surface area contributed by atoms with Gasteiger partial charge in [0.05, 0.1) is 12.7 Å². The number of benzene rings is 1. The first-order valence-electron chi connectivity index (χ1n) is 4.52. The van der Waals surface area contributed by atoms with Gasteiger partial charge >= 0.3 is 0 Å². The first-order valence-corrected chi connectivity index (χ1v) is 4.52. The monoisotopic (exact) mass is 162 g/mol. The zero-order valence-electron chi connectivity index (χ0n) is 7.36. The first-order chi connectivity index (χ1) is 5.86. The van der Waals surface area contributed by atoms with Gasteiger partial charge in [0.1, 0.15) is 0 Å². The lowest BCUT2D eigenvalue weighted by Crippen LogP contribution is -2.06. The summed E-state index contributed by atoms with van der Waals surface area (Å²) in [6.45, 7) is 3.22.